The Bertz CT molecular complexity index is 404. The van der Waals surface area contributed by atoms with Crippen molar-refractivity contribution in [1.82, 2.24) is 9.88 Å². The highest BCUT2D eigenvalue weighted by Crippen LogP contribution is 2.19. The molecule has 0 radical (unpaired) electrons. The van der Waals surface area contributed by atoms with Crippen molar-refractivity contribution in [3.8, 4) is 0 Å². The first-order chi connectivity index (χ1) is 8.94. The van der Waals surface area contributed by atoms with Crippen LogP contribution in [-0.4, -0.2) is 48.8 Å². The number of aromatic nitrogens is 1. The summed E-state index contributed by atoms with van der Waals surface area (Å²) in [6.45, 7) is 0.967. The first-order valence-corrected chi connectivity index (χ1v) is 6.10. The molecule has 1 aliphatic rings. The van der Waals surface area contributed by atoms with Gasteiger partial charge in [0.15, 0.2) is 0 Å². The van der Waals surface area contributed by atoms with E-state index in [2.05, 4.69) is 4.98 Å². The maximum absolute atomic E-state index is 12.8. The number of alkyl halides is 3. The van der Waals surface area contributed by atoms with E-state index < -0.39 is 18.5 Å². The van der Waals surface area contributed by atoms with Crippen LogP contribution in [0.1, 0.15) is 6.42 Å². The van der Waals surface area contributed by atoms with Gasteiger partial charge in [0.1, 0.15) is 11.6 Å². The van der Waals surface area contributed by atoms with Crippen molar-refractivity contribution >= 4 is 5.82 Å². The molecule has 1 aromatic rings. The lowest BCUT2D eigenvalue weighted by Gasteiger charge is -2.23. The summed E-state index contributed by atoms with van der Waals surface area (Å²) in [5.74, 6) is 0.188. The molecule has 1 aromatic heterocycles. The summed E-state index contributed by atoms with van der Waals surface area (Å²) < 4.78 is 49.8. The van der Waals surface area contributed by atoms with Crippen molar-refractivity contribution in [1.29, 1.82) is 0 Å². The molecule has 1 saturated heterocycles. The van der Waals surface area contributed by atoms with Gasteiger partial charge < -0.3 is 4.90 Å². The van der Waals surface area contributed by atoms with E-state index in [1.54, 1.807) is 6.07 Å². The number of pyridine rings is 1. The molecule has 0 aromatic carbocycles. The van der Waals surface area contributed by atoms with Crippen LogP contribution in [0.3, 0.4) is 0 Å². The Balaban J connectivity index is 1.95. The molecule has 2 rings (SSSR count). The molecular formula is C12H15F4N3. The number of rotatable bonds is 2. The lowest BCUT2D eigenvalue weighted by atomic mass is 10.3. The van der Waals surface area contributed by atoms with Crippen LogP contribution in [0.4, 0.5) is 23.4 Å². The lowest BCUT2D eigenvalue weighted by molar-refractivity contribution is -0.145. The Kier molecular flexibility index (Phi) is 4.24. The van der Waals surface area contributed by atoms with Crippen molar-refractivity contribution in [3.63, 3.8) is 0 Å². The van der Waals surface area contributed by atoms with Crippen molar-refractivity contribution in [2.24, 2.45) is 0 Å². The molecule has 106 valence electrons. The van der Waals surface area contributed by atoms with E-state index in [-0.39, 0.29) is 0 Å². The van der Waals surface area contributed by atoms with E-state index in [1.807, 2.05) is 4.90 Å². The third-order valence-corrected chi connectivity index (χ3v) is 3.03. The quantitative estimate of drug-likeness (QED) is 0.773. The second-order valence-electron chi connectivity index (χ2n) is 4.57. The van der Waals surface area contributed by atoms with Gasteiger partial charge >= 0.3 is 6.18 Å². The summed E-state index contributed by atoms with van der Waals surface area (Å²) in [5, 5.41) is 0. The zero-order valence-corrected chi connectivity index (χ0v) is 10.3. The molecule has 1 aliphatic heterocycles. The molecular weight excluding hydrogens is 262 g/mol. The number of hydrogen-bond acceptors (Lipinski definition) is 3. The van der Waals surface area contributed by atoms with Crippen LogP contribution in [0.15, 0.2) is 18.3 Å². The van der Waals surface area contributed by atoms with Gasteiger partial charge in [0, 0.05) is 26.2 Å². The Morgan fingerprint density at radius 2 is 1.89 bits per heavy atom. The summed E-state index contributed by atoms with van der Waals surface area (Å²) >= 11 is 0. The molecule has 0 aliphatic carbocycles. The van der Waals surface area contributed by atoms with E-state index in [0.717, 1.165) is 6.20 Å². The fourth-order valence-corrected chi connectivity index (χ4v) is 2.17. The number of nitrogens with zero attached hydrogens (tertiary/aromatic N) is 3. The van der Waals surface area contributed by atoms with Crippen LogP contribution in [0.25, 0.3) is 0 Å². The normalized spacial score (nSPS) is 18.4. The van der Waals surface area contributed by atoms with Gasteiger partial charge in [-0.3, -0.25) is 4.90 Å². The van der Waals surface area contributed by atoms with Gasteiger partial charge in [-0.25, -0.2) is 9.37 Å². The predicted molar refractivity (Wildman–Crippen MR) is 63.5 cm³/mol. The van der Waals surface area contributed by atoms with E-state index in [4.69, 9.17) is 0 Å². The minimum Gasteiger partial charge on any atom is -0.355 e. The SMILES string of the molecule is Fc1ccc(N2CCCN(CC(F)(F)F)CC2)nc1. The molecule has 2 heterocycles. The topological polar surface area (TPSA) is 19.4 Å². The van der Waals surface area contributed by atoms with E-state index in [0.29, 0.717) is 38.4 Å². The van der Waals surface area contributed by atoms with Gasteiger partial charge in [-0.1, -0.05) is 0 Å². The highest BCUT2D eigenvalue weighted by Gasteiger charge is 2.31. The molecule has 19 heavy (non-hydrogen) atoms. The van der Waals surface area contributed by atoms with Crippen molar-refractivity contribution in [2.45, 2.75) is 12.6 Å². The molecule has 3 nitrogen and oxygen atoms in total. The summed E-state index contributed by atoms with van der Waals surface area (Å²) in [4.78, 5) is 7.23. The van der Waals surface area contributed by atoms with Crippen molar-refractivity contribution in [2.75, 3.05) is 37.6 Å². The van der Waals surface area contributed by atoms with Gasteiger partial charge in [-0.05, 0) is 18.6 Å². The minimum absolute atomic E-state index is 0.332. The Morgan fingerprint density at radius 3 is 2.53 bits per heavy atom. The van der Waals surface area contributed by atoms with Crippen molar-refractivity contribution < 1.29 is 17.6 Å². The smallest absolute Gasteiger partial charge is 0.355 e. The lowest BCUT2D eigenvalue weighted by Crippen LogP contribution is -2.37. The Labute approximate surface area is 108 Å². The molecule has 0 atom stereocenters. The predicted octanol–water partition coefficient (Wildman–Crippen LogP) is 2.30. The van der Waals surface area contributed by atoms with E-state index in [1.165, 1.54) is 11.0 Å². The second kappa shape index (κ2) is 5.73. The zero-order valence-electron chi connectivity index (χ0n) is 10.3. The van der Waals surface area contributed by atoms with Crippen LogP contribution in [-0.2, 0) is 0 Å². The third-order valence-electron chi connectivity index (χ3n) is 3.03. The van der Waals surface area contributed by atoms with Crippen LogP contribution >= 0.6 is 0 Å². The number of halogens is 4. The summed E-state index contributed by atoms with van der Waals surface area (Å²) in [7, 11) is 0. The largest absolute Gasteiger partial charge is 0.401 e. The summed E-state index contributed by atoms with van der Waals surface area (Å²) in [5.41, 5.74) is 0. The first kappa shape index (κ1) is 14.0. The summed E-state index contributed by atoms with van der Waals surface area (Å²) in [6.07, 6.45) is -2.41. The average Bonchev–Trinajstić information content (AvgIpc) is 2.54. The molecule has 1 fully saturated rings. The van der Waals surface area contributed by atoms with Gasteiger partial charge in [0.25, 0.3) is 0 Å². The molecule has 0 unspecified atom stereocenters. The molecule has 0 saturated carbocycles. The van der Waals surface area contributed by atoms with Crippen molar-refractivity contribution in [3.05, 3.63) is 24.1 Å². The fraction of sp³-hybridized carbons (Fsp3) is 0.583. The van der Waals surface area contributed by atoms with E-state index >= 15 is 0 Å². The van der Waals surface area contributed by atoms with Gasteiger partial charge in [-0.2, -0.15) is 13.2 Å². The van der Waals surface area contributed by atoms with Crippen LogP contribution in [0.2, 0.25) is 0 Å². The van der Waals surface area contributed by atoms with E-state index in [9.17, 15) is 17.6 Å². The first-order valence-electron chi connectivity index (χ1n) is 6.10. The zero-order chi connectivity index (χ0) is 13.9. The third kappa shape index (κ3) is 4.34. The average molecular weight is 277 g/mol. The molecule has 7 heteroatoms. The van der Waals surface area contributed by atoms with Gasteiger partial charge in [-0.15, -0.1) is 0 Å². The highest BCUT2D eigenvalue weighted by molar-refractivity contribution is 5.38. The van der Waals surface area contributed by atoms with Gasteiger partial charge in [0.2, 0.25) is 0 Å². The van der Waals surface area contributed by atoms with Crippen LogP contribution in [0, 0.1) is 5.82 Å². The standard InChI is InChI=1S/C12H15F4N3/c13-10-2-3-11(17-8-10)19-5-1-4-18(6-7-19)9-12(14,15)16/h2-3,8H,1,4-7,9H2. The second-order valence-corrected chi connectivity index (χ2v) is 4.57. The number of anilines is 1. The minimum atomic E-state index is -4.16. The molecule has 0 amide bonds. The van der Waals surface area contributed by atoms with Crippen LogP contribution < -0.4 is 4.90 Å². The van der Waals surface area contributed by atoms with Gasteiger partial charge in [0.05, 0.1) is 12.7 Å². The number of hydrogen-bond donors (Lipinski definition) is 0. The summed E-state index contributed by atoms with van der Waals surface area (Å²) in [6, 6.07) is 2.86. The highest BCUT2D eigenvalue weighted by atomic mass is 19.4. The monoisotopic (exact) mass is 277 g/mol. The molecule has 0 bridgehead atoms. The maximum Gasteiger partial charge on any atom is 0.401 e. The Hall–Kier alpha value is -1.37. The maximum atomic E-state index is 12.8. The van der Waals surface area contributed by atoms with Crippen LogP contribution in [0.5, 0.6) is 0 Å². The molecule has 0 spiro atoms. The fourth-order valence-electron chi connectivity index (χ4n) is 2.17. The Morgan fingerprint density at radius 1 is 1.11 bits per heavy atom. The molecule has 0 N–H and O–H groups in total.